The zero-order chi connectivity index (χ0) is 21.3. The van der Waals surface area contributed by atoms with Crippen LogP contribution in [0.25, 0.3) is 0 Å². The number of morpholine rings is 1. The van der Waals surface area contributed by atoms with E-state index in [4.69, 9.17) is 9.73 Å². The zero-order valence-electron chi connectivity index (χ0n) is 18.7. The first kappa shape index (κ1) is 22.2. The third-order valence-electron chi connectivity index (χ3n) is 5.37. The summed E-state index contributed by atoms with van der Waals surface area (Å²) < 4.78 is 7.40. The van der Waals surface area contributed by atoms with Crippen LogP contribution in [0.4, 0.5) is 0 Å². The van der Waals surface area contributed by atoms with Gasteiger partial charge in [-0.05, 0) is 32.8 Å². The quantitative estimate of drug-likeness (QED) is 0.502. The molecule has 0 bridgehead atoms. The molecule has 2 aromatic rings. The van der Waals surface area contributed by atoms with Crippen LogP contribution in [-0.2, 0) is 24.8 Å². The zero-order valence-corrected chi connectivity index (χ0v) is 18.7. The average Bonchev–Trinajstić information content (AvgIpc) is 3.04. The minimum atomic E-state index is 0.494. The molecule has 8 nitrogen and oxygen atoms in total. The van der Waals surface area contributed by atoms with Crippen LogP contribution in [-0.4, -0.2) is 71.6 Å². The summed E-state index contributed by atoms with van der Waals surface area (Å²) in [4.78, 5) is 7.16. The van der Waals surface area contributed by atoms with Gasteiger partial charge in [-0.2, -0.15) is 0 Å². The molecular formula is C22H35N7O. The SMILES string of the molecule is Cc1cc(C)cc(CCNC(=NCc2nnc(C)n2C)NCCN2CCOCC2)c1. The third-order valence-corrected chi connectivity index (χ3v) is 5.37. The molecule has 1 aromatic carbocycles. The molecule has 0 unspecified atom stereocenters. The fourth-order valence-corrected chi connectivity index (χ4v) is 3.61. The number of nitrogens with one attached hydrogen (secondary N) is 2. The molecule has 1 aliphatic heterocycles. The van der Waals surface area contributed by atoms with E-state index in [0.717, 1.165) is 70.0 Å². The Balaban J connectivity index is 1.55. The number of aromatic nitrogens is 3. The molecule has 30 heavy (non-hydrogen) atoms. The van der Waals surface area contributed by atoms with Crippen molar-refractivity contribution in [2.45, 2.75) is 33.7 Å². The van der Waals surface area contributed by atoms with Crippen LogP contribution >= 0.6 is 0 Å². The molecule has 0 saturated carbocycles. The molecule has 2 N–H and O–H groups in total. The highest BCUT2D eigenvalue weighted by atomic mass is 16.5. The molecule has 8 heteroatoms. The number of rotatable bonds is 8. The predicted molar refractivity (Wildman–Crippen MR) is 120 cm³/mol. The van der Waals surface area contributed by atoms with Crippen LogP contribution < -0.4 is 10.6 Å². The standard InChI is InChI=1S/C22H35N7O/c1-17-13-18(2)15-20(14-17)5-6-23-22(24-7-8-29-9-11-30-12-10-29)25-16-21-27-26-19(3)28(21)4/h13-15H,5-12,16H2,1-4H3,(H2,23,24,25). The number of hydrogen-bond donors (Lipinski definition) is 2. The third kappa shape index (κ3) is 6.81. The summed E-state index contributed by atoms with van der Waals surface area (Å²) >= 11 is 0. The van der Waals surface area contributed by atoms with Gasteiger partial charge in [0.15, 0.2) is 11.8 Å². The van der Waals surface area contributed by atoms with Crippen LogP contribution in [0.15, 0.2) is 23.2 Å². The molecular weight excluding hydrogens is 378 g/mol. The number of guanidine groups is 1. The second-order valence-corrected chi connectivity index (χ2v) is 7.94. The summed E-state index contributed by atoms with van der Waals surface area (Å²) in [5.41, 5.74) is 3.96. The summed E-state index contributed by atoms with van der Waals surface area (Å²) in [5, 5.41) is 15.3. The lowest BCUT2D eigenvalue weighted by atomic mass is 10.1. The van der Waals surface area contributed by atoms with E-state index in [1.165, 1.54) is 16.7 Å². The Hall–Kier alpha value is -2.45. The number of aryl methyl sites for hydroxylation is 3. The molecule has 2 heterocycles. The van der Waals surface area contributed by atoms with Crippen molar-refractivity contribution in [2.24, 2.45) is 12.0 Å². The van der Waals surface area contributed by atoms with Crippen LogP contribution in [0.3, 0.4) is 0 Å². The van der Waals surface area contributed by atoms with E-state index in [1.807, 2.05) is 18.5 Å². The largest absolute Gasteiger partial charge is 0.379 e. The van der Waals surface area contributed by atoms with Crippen molar-refractivity contribution in [3.8, 4) is 0 Å². The van der Waals surface area contributed by atoms with Gasteiger partial charge in [-0.25, -0.2) is 4.99 Å². The van der Waals surface area contributed by atoms with Crippen molar-refractivity contribution in [3.05, 3.63) is 46.5 Å². The van der Waals surface area contributed by atoms with E-state index in [9.17, 15) is 0 Å². The Morgan fingerprint density at radius 1 is 1.03 bits per heavy atom. The van der Waals surface area contributed by atoms with E-state index < -0.39 is 0 Å². The molecule has 3 rings (SSSR count). The minimum absolute atomic E-state index is 0.494. The Morgan fingerprint density at radius 3 is 2.40 bits per heavy atom. The van der Waals surface area contributed by atoms with Gasteiger partial charge in [0.05, 0.1) is 13.2 Å². The van der Waals surface area contributed by atoms with Gasteiger partial charge in [0.25, 0.3) is 0 Å². The van der Waals surface area contributed by atoms with Gasteiger partial charge in [0.1, 0.15) is 12.4 Å². The molecule has 0 aliphatic carbocycles. The Bertz CT molecular complexity index is 820. The lowest BCUT2D eigenvalue weighted by Gasteiger charge is -2.26. The first-order valence-electron chi connectivity index (χ1n) is 10.8. The van der Waals surface area contributed by atoms with Gasteiger partial charge in [0, 0.05) is 39.8 Å². The van der Waals surface area contributed by atoms with Gasteiger partial charge in [0.2, 0.25) is 0 Å². The van der Waals surface area contributed by atoms with E-state index in [1.54, 1.807) is 0 Å². The normalized spacial score (nSPS) is 15.4. The topological polar surface area (TPSA) is 79.6 Å². The first-order chi connectivity index (χ1) is 14.5. The lowest BCUT2D eigenvalue weighted by Crippen LogP contribution is -2.44. The smallest absolute Gasteiger partial charge is 0.191 e. The summed E-state index contributed by atoms with van der Waals surface area (Å²) in [6, 6.07) is 6.71. The highest BCUT2D eigenvalue weighted by molar-refractivity contribution is 5.79. The Kier molecular flexibility index (Phi) is 8.21. The van der Waals surface area contributed by atoms with Crippen molar-refractivity contribution in [1.82, 2.24) is 30.3 Å². The summed E-state index contributed by atoms with van der Waals surface area (Å²) in [7, 11) is 1.97. The van der Waals surface area contributed by atoms with Crippen molar-refractivity contribution in [3.63, 3.8) is 0 Å². The first-order valence-corrected chi connectivity index (χ1v) is 10.8. The van der Waals surface area contributed by atoms with E-state index in [-0.39, 0.29) is 0 Å². The van der Waals surface area contributed by atoms with Crippen molar-refractivity contribution in [2.75, 3.05) is 45.9 Å². The fraction of sp³-hybridized carbons (Fsp3) is 0.591. The maximum Gasteiger partial charge on any atom is 0.191 e. The predicted octanol–water partition coefficient (Wildman–Crippen LogP) is 1.35. The minimum Gasteiger partial charge on any atom is -0.379 e. The van der Waals surface area contributed by atoms with Crippen molar-refractivity contribution in [1.29, 1.82) is 0 Å². The molecule has 0 amide bonds. The van der Waals surface area contributed by atoms with Crippen LogP contribution in [0.5, 0.6) is 0 Å². The van der Waals surface area contributed by atoms with Crippen LogP contribution in [0.1, 0.15) is 28.3 Å². The second-order valence-electron chi connectivity index (χ2n) is 7.94. The van der Waals surface area contributed by atoms with Gasteiger partial charge >= 0.3 is 0 Å². The Morgan fingerprint density at radius 2 is 1.73 bits per heavy atom. The number of aliphatic imine (C=N–C) groups is 1. The van der Waals surface area contributed by atoms with E-state index in [2.05, 4.69) is 57.8 Å². The lowest BCUT2D eigenvalue weighted by molar-refractivity contribution is 0.0389. The highest BCUT2D eigenvalue weighted by Gasteiger charge is 2.10. The molecule has 0 radical (unpaired) electrons. The van der Waals surface area contributed by atoms with E-state index >= 15 is 0 Å². The van der Waals surface area contributed by atoms with Crippen LogP contribution in [0.2, 0.25) is 0 Å². The summed E-state index contributed by atoms with van der Waals surface area (Å²) in [5.74, 6) is 2.56. The number of ether oxygens (including phenoxy) is 1. The van der Waals surface area contributed by atoms with Crippen molar-refractivity contribution < 1.29 is 4.74 Å². The van der Waals surface area contributed by atoms with E-state index in [0.29, 0.717) is 6.54 Å². The second kappa shape index (κ2) is 11.1. The highest BCUT2D eigenvalue weighted by Crippen LogP contribution is 2.09. The maximum absolute atomic E-state index is 5.43. The average molecular weight is 414 g/mol. The number of benzene rings is 1. The summed E-state index contributed by atoms with van der Waals surface area (Å²) in [6.07, 6.45) is 0.954. The fourth-order valence-electron chi connectivity index (χ4n) is 3.61. The molecule has 164 valence electrons. The molecule has 0 spiro atoms. The van der Waals surface area contributed by atoms with Gasteiger partial charge in [-0.3, -0.25) is 4.90 Å². The monoisotopic (exact) mass is 413 g/mol. The molecule has 1 fully saturated rings. The van der Waals surface area contributed by atoms with Gasteiger partial charge < -0.3 is 19.9 Å². The molecule has 0 atom stereocenters. The van der Waals surface area contributed by atoms with Gasteiger partial charge in [-0.1, -0.05) is 29.3 Å². The number of hydrogen-bond acceptors (Lipinski definition) is 5. The molecule has 1 aromatic heterocycles. The number of nitrogens with zero attached hydrogens (tertiary/aromatic N) is 5. The molecule has 1 aliphatic rings. The maximum atomic E-state index is 5.43. The van der Waals surface area contributed by atoms with Crippen LogP contribution in [0, 0.1) is 20.8 Å². The molecule has 1 saturated heterocycles. The van der Waals surface area contributed by atoms with Crippen molar-refractivity contribution >= 4 is 5.96 Å². The Labute approximate surface area is 179 Å². The summed E-state index contributed by atoms with van der Waals surface area (Å²) in [6.45, 7) is 13.0. The van der Waals surface area contributed by atoms with Gasteiger partial charge in [-0.15, -0.1) is 10.2 Å².